The van der Waals surface area contributed by atoms with E-state index in [-0.39, 0.29) is 16.7 Å². The first-order valence-corrected chi connectivity index (χ1v) is 12.6. The lowest BCUT2D eigenvalue weighted by Crippen LogP contribution is -2.38. The number of aryl methyl sites for hydroxylation is 1. The molecule has 0 saturated heterocycles. The predicted octanol–water partition coefficient (Wildman–Crippen LogP) is 6.72. The molecule has 0 fully saturated rings. The number of furan rings is 1. The molecule has 0 saturated carbocycles. The van der Waals surface area contributed by atoms with Crippen LogP contribution in [0.5, 0.6) is 0 Å². The molecule has 4 nitrogen and oxygen atoms in total. The Hall–Kier alpha value is -2.85. The molecular formula is C31H39NO3. The number of aliphatic hydroxyl groups excluding tert-OH is 1. The van der Waals surface area contributed by atoms with Gasteiger partial charge in [0.1, 0.15) is 5.76 Å². The number of hydrogen-bond acceptors (Lipinski definition) is 3. The first-order valence-electron chi connectivity index (χ1n) is 12.6. The van der Waals surface area contributed by atoms with Crippen LogP contribution >= 0.6 is 0 Å². The van der Waals surface area contributed by atoms with Crippen molar-refractivity contribution in [2.24, 2.45) is 0 Å². The van der Waals surface area contributed by atoms with Gasteiger partial charge in [-0.2, -0.15) is 0 Å². The van der Waals surface area contributed by atoms with E-state index in [2.05, 4.69) is 46.8 Å². The molecule has 4 heteroatoms. The third-order valence-corrected chi connectivity index (χ3v) is 8.08. The van der Waals surface area contributed by atoms with Gasteiger partial charge in [0.2, 0.25) is 0 Å². The van der Waals surface area contributed by atoms with Crippen LogP contribution in [0.25, 0.3) is 0 Å². The second-order valence-corrected chi connectivity index (χ2v) is 11.5. The average Bonchev–Trinajstić information content (AvgIpc) is 3.30. The molecular weight excluding hydrogens is 434 g/mol. The standard InChI is InChI=1S/C31H39NO3/c1-20-17-25-26(31(5,6)16-15-30(25,3)4)19-23(20)18-24-13-14-27(35-24)29(34)32(7)21(2)28(33)22-11-9-8-10-12-22/h8-14,17,19,21,28,33H,15-16,18H2,1-7H3/t21-,28-/m1/s1. The van der Waals surface area contributed by atoms with Crippen LogP contribution in [0.4, 0.5) is 0 Å². The van der Waals surface area contributed by atoms with Crippen molar-refractivity contribution in [3.8, 4) is 0 Å². The maximum atomic E-state index is 13.1. The van der Waals surface area contributed by atoms with Crippen LogP contribution in [0, 0.1) is 6.92 Å². The summed E-state index contributed by atoms with van der Waals surface area (Å²) >= 11 is 0. The number of hydrogen-bond donors (Lipinski definition) is 1. The van der Waals surface area contributed by atoms with Gasteiger partial charge in [0.25, 0.3) is 5.91 Å². The Morgan fingerprint density at radius 2 is 1.60 bits per heavy atom. The monoisotopic (exact) mass is 473 g/mol. The normalized spacial score (nSPS) is 17.9. The van der Waals surface area contributed by atoms with Gasteiger partial charge >= 0.3 is 0 Å². The molecule has 4 rings (SSSR count). The predicted molar refractivity (Wildman–Crippen MR) is 141 cm³/mol. The molecule has 0 bridgehead atoms. The lowest BCUT2D eigenvalue weighted by atomic mass is 9.62. The molecule has 1 N–H and O–H groups in total. The van der Waals surface area contributed by atoms with Crippen molar-refractivity contribution in [1.29, 1.82) is 0 Å². The molecule has 3 aromatic rings. The maximum absolute atomic E-state index is 13.1. The van der Waals surface area contributed by atoms with Crippen molar-refractivity contribution in [2.45, 2.75) is 83.8 Å². The van der Waals surface area contributed by atoms with E-state index >= 15 is 0 Å². The van der Waals surface area contributed by atoms with Gasteiger partial charge in [0.15, 0.2) is 5.76 Å². The summed E-state index contributed by atoms with van der Waals surface area (Å²) in [6.07, 6.45) is 2.24. The highest BCUT2D eigenvalue weighted by atomic mass is 16.4. The zero-order valence-corrected chi connectivity index (χ0v) is 22.2. The molecule has 2 atom stereocenters. The Kier molecular flexibility index (Phi) is 6.72. The molecule has 1 aliphatic rings. The van der Waals surface area contributed by atoms with E-state index in [4.69, 9.17) is 4.42 Å². The van der Waals surface area contributed by atoms with Crippen molar-refractivity contribution in [3.05, 3.63) is 93.9 Å². The van der Waals surface area contributed by atoms with E-state index in [1.807, 2.05) is 43.3 Å². The van der Waals surface area contributed by atoms with E-state index in [9.17, 15) is 9.90 Å². The fraction of sp³-hybridized carbons (Fsp3) is 0.452. The highest BCUT2D eigenvalue weighted by Crippen LogP contribution is 2.46. The molecule has 1 heterocycles. The van der Waals surface area contributed by atoms with Gasteiger partial charge in [-0.15, -0.1) is 0 Å². The fourth-order valence-corrected chi connectivity index (χ4v) is 5.23. The van der Waals surface area contributed by atoms with Crippen LogP contribution in [0.3, 0.4) is 0 Å². The number of aliphatic hydroxyl groups is 1. The lowest BCUT2D eigenvalue weighted by Gasteiger charge is -2.42. The zero-order valence-electron chi connectivity index (χ0n) is 22.2. The number of nitrogens with zero attached hydrogens (tertiary/aromatic N) is 1. The second-order valence-electron chi connectivity index (χ2n) is 11.5. The van der Waals surface area contributed by atoms with E-state index in [1.165, 1.54) is 35.1 Å². The summed E-state index contributed by atoms with van der Waals surface area (Å²) in [7, 11) is 1.71. The van der Waals surface area contributed by atoms with E-state index < -0.39 is 12.1 Å². The molecule has 1 amide bonds. The summed E-state index contributed by atoms with van der Waals surface area (Å²) in [5, 5.41) is 10.7. The van der Waals surface area contributed by atoms with Crippen molar-refractivity contribution < 1.29 is 14.3 Å². The number of benzene rings is 2. The number of fused-ring (bicyclic) bond motifs is 1. The molecule has 0 aliphatic heterocycles. The molecule has 186 valence electrons. The van der Waals surface area contributed by atoms with Gasteiger partial charge in [0.05, 0.1) is 12.1 Å². The molecule has 2 aromatic carbocycles. The van der Waals surface area contributed by atoms with Crippen LogP contribution in [0.2, 0.25) is 0 Å². The zero-order chi connectivity index (χ0) is 25.5. The van der Waals surface area contributed by atoms with Gasteiger partial charge in [-0.05, 0) is 77.5 Å². The smallest absolute Gasteiger partial charge is 0.289 e. The summed E-state index contributed by atoms with van der Waals surface area (Å²) < 4.78 is 6.03. The highest BCUT2D eigenvalue weighted by Gasteiger charge is 2.37. The Morgan fingerprint density at radius 1 is 1.00 bits per heavy atom. The van der Waals surface area contributed by atoms with Gasteiger partial charge in [0, 0.05) is 13.5 Å². The number of amides is 1. The first kappa shape index (κ1) is 25.2. The largest absolute Gasteiger partial charge is 0.456 e. The van der Waals surface area contributed by atoms with Crippen molar-refractivity contribution in [1.82, 2.24) is 4.90 Å². The van der Waals surface area contributed by atoms with Crippen LogP contribution in [-0.4, -0.2) is 29.0 Å². The Balaban J connectivity index is 1.53. The summed E-state index contributed by atoms with van der Waals surface area (Å²) in [6.45, 7) is 13.4. The third kappa shape index (κ3) is 4.95. The van der Waals surface area contributed by atoms with Crippen LogP contribution in [0.15, 0.2) is 59.0 Å². The molecule has 0 unspecified atom stereocenters. The third-order valence-electron chi connectivity index (χ3n) is 8.08. The number of likely N-dealkylation sites (N-methyl/N-ethyl adjacent to an activating group) is 1. The summed E-state index contributed by atoms with van der Waals surface area (Å²) in [5.74, 6) is 0.837. The summed E-state index contributed by atoms with van der Waals surface area (Å²) in [6, 6.07) is 17.4. The fourth-order valence-electron chi connectivity index (χ4n) is 5.23. The van der Waals surface area contributed by atoms with E-state index in [1.54, 1.807) is 18.0 Å². The SMILES string of the molecule is Cc1cc2c(cc1Cc1ccc(C(=O)N(C)[C@H](C)[C@@H](O)c3ccccc3)o1)C(C)(C)CCC2(C)C. The minimum Gasteiger partial charge on any atom is -0.456 e. The highest BCUT2D eigenvalue weighted by molar-refractivity contribution is 5.91. The van der Waals surface area contributed by atoms with Crippen molar-refractivity contribution in [3.63, 3.8) is 0 Å². The number of carbonyl (C=O) groups excluding carboxylic acids is 1. The minimum absolute atomic E-state index is 0.149. The van der Waals surface area contributed by atoms with E-state index in [0.29, 0.717) is 12.2 Å². The second kappa shape index (κ2) is 9.31. The van der Waals surface area contributed by atoms with Gasteiger partial charge in [-0.25, -0.2) is 0 Å². The van der Waals surface area contributed by atoms with Gasteiger partial charge in [-0.3, -0.25) is 4.79 Å². The average molecular weight is 474 g/mol. The Labute approximate surface area is 210 Å². The molecule has 1 aromatic heterocycles. The lowest BCUT2D eigenvalue weighted by molar-refractivity contribution is 0.0460. The van der Waals surface area contributed by atoms with E-state index in [0.717, 1.165) is 11.3 Å². The first-order chi connectivity index (χ1) is 16.4. The molecule has 35 heavy (non-hydrogen) atoms. The minimum atomic E-state index is -0.773. The summed E-state index contributed by atoms with van der Waals surface area (Å²) in [5.41, 5.74) is 6.51. The van der Waals surface area contributed by atoms with Crippen LogP contribution < -0.4 is 0 Å². The Morgan fingerprint density at radius 3 is 2.23 bits per heavy atom. The quantitative estimate of drug-likeness (QED) is 0.432. The van der Waals surface area contributed by atoms with Crippen molar-refractivity contribution in [2.75, 3.05) is 7.05 Å². The summed E-state index contributed by atoms with van der Waals surface area (Å²) in [4.78, 5) is 14.7. The van der Waals surface area contributed by atoms with Gasteiger partial charge < -0.3 is 14.4 Å². The Bertz CT molecular complexity index is 1210. The van der Waals surface area contributed by atoms with Crippen LogP contribution in [0.1, 0.15) is 97.7 Å². The number of carbonyl (C=O) groups is 1. The van der Waals surface area contributed by atoms with Gasteiger partial charge in [-0.1, -0.05) is 70.2 Å². The topological polar surface area (TPSA) is 53.7 Å². The van der Waals surface area contributed by atoms with Crippen molar-refractivity contribution >= 4 is 5.91 Å². The molecule has 0 spiro atoms. The molecule has 1 aliphatic carbocycles. The van der Waals surface area contributed by atoms with Crippen LogP contribution in [-0.2, 0) is 17.3 Å². The maximum Gasteiger partial charge on any atom is 0.289 e. The molecule has 0 radical (unpaired) electrons. The number of rotatable bonds is 6.